The van der Waals surface area contributed by atoms with Gasteiger partial charge >= 0.3 is 0 Å². The van der Waals surface area contributed by atoms with Crippen LogP contribution in [-0.4, -0.2) is 18.6 Å². The first-order valence-electron chi connectivity index (χ1n) is 3.65. The second-order valence-electron chi connectivity index (χ2n) is 2.25. The molecule has 0 aliphatic carbocycles. The van der Waals surface area contributed by atoms with Crippen molar-refractivity contribution in [3.63, 3.8) is 0 Å². The van der Waals surface area contributed by atoms with Gasteiger partial charge in [-0.2, -0.15) is 0 Å². The summed E-state index contributed by atoms with van der Waals surface area (Å²) in [4.78, 5) is 13.9. The number of hydrogen-bond donors (Lipinski definition) is 2. The minimum absolute atomic E-state index is 0.0441. The van der Waals surface area contributed by atoms with Gasteiger partial charge in [0.2, 0.25) is 0 Å². The highest BCUT2D eigenvalue weighted by molar-refractivity contribution is 5.31. The normalized spacial score (nSPS) is 8.75. The van der Waals surface area contributed by atoms with E-state index in [2.05, 4.69) is 22.1 Å². The first-order valence-corrected chi connectivity index (χ1v) is 3.65. The Morgan fingerprint density at radius 1 is 1.67 bits per heavy atom. The molecule has 0 spiro atoms. The molecule has 12 heavy (non-hydrogen) atoms. The van der Waals surface area contributed by atoms with Gasteiger partial charge in [0, 0.05) is 18.5 Å². The summed E-state index contributed by atoms with van der Waals surface area (Å²) in [6.45, 7) is 0.592. The van der Waals surface area contributed by atoms with E-state index in [1.54, 1.807) is 12.4 Å². The number of H-pyrrole nitrogens is 1. The lowest BCUT2D eigenvalue weighted by atomic mass is 10.3. The zero-order chi connectivity index (χ0) is 8.81. The lowest BCUT2D eigenvalue weighted by Gasteiger charge is -1.86. The van der Waals surface area contributed by atoms with Crippen molar-refractivity contribution in [1.82, 2.24) is 10.3 Å². The highest BCUT2D eigenvalue weighted by Crippen LogP contribution is 1.82. The van der Waals surface area contributed by atoms with Gasteiger partial charge < -0.3 is 10.3 Å². The van der Waals surface area contributed by atoms with Crippen molar-refractivity contribution in [2.75, 3.05) is 13.6 Å². The molecule has 0 amide bonds. The molecule has 1 heterocycles. The first-order chi connectivity index (χ1) is 5.84. The van der Waals surface area contributed by atoms with Crippen LogP contribution in [0.5, 0.6) is 0 Å². The Bertz CT molecular complexity index is 357. The van der Waals surface area contributed by atoms with E-state index in [0.717, 1.165) is 0 Å². The maximum Gasteiger partial charge on any atom is 0.197 e. The molecule has 1 rings (SSSR count). The molecule has 1 aromatic rings. The number of aromatic nitrogens is 1. The van der Waals surface area contributed by atoms with Crippen molar-refractivity contribution >= 4 is 0 Å². The zero-order valence-electron chi connectivity index (χ0n) is 6.85. The molecule has 1 aromatic heterocycles. The van der Waals surface area contributed by atoms with Crippen LogP contribution in [0.2, 0.25) is 0 Å². The number of hydrogen-bond acceptors (Lipinski definition) is 2. The van der Waals surface area contributed by atoms with Crippen molar-refractivity contribution in [2.24, 2.45) is 0 Å². The molecule has 0 atom stereocenters. The van der Waals surface area contributed by atoms with Gasteiger partial charge in [0.15, 0.2) is 5.43 Å². The molecule has 0 aliphatic heterocycles. The molecule has 0 fully saturated rings. The maximum absolute atomic E-state index is 11.1. The number of rotatable bonds is 1. The van der Waals surface area contributed by atoms with Crippen LogP contribution in [0.3, 0.4) is 0 Å². The molecule has 0 saturated carbocycles. The van der Waals surface area contributed by atoms with Crippen LogP contribution < -0.4 is 10.7 Å². The molecular weight excluding hydrogens is 152 g/mol. The van der Waals surface area contributed by atoms with E-state index in [4.69, 9.17) is 0 Å². The topological polar surface area (TPSA) is 44.9 Å². The van der Waals surface area contributed by atoms with Crippen LogP contribution in [0.15, 0.2) is 23.3 Å². The third kappa shape index (κ3) is 2.26. The maximum atomic E-state index is 11.1. The summed E-state index contributed by atoms with van der Waals surface area (Å²) in [5.41, 5.74) is 0.463. The van der Waals surface area contributed by atoms with E-state index < -0.39 is 0 Å². The Morgan fingerprint density at radius 2 is 2.50 bits per heavy atom. The summed E-state index contributed by atoms with van der Waals surface area (Å²) in [5, 5.41) is 2.87. The standard InChI is InChI=1S/C9H10N2O/c1-10-5-2-3-8-7-11-6-4-9(8)12/h4,6-7,10H,5H2,1H3,(H,11,12). The molecule has 0 saturated heterocycles. The van der Waals surface area contributed by atoms with E-state index in [9.17, 15) is 4.79 Å². The average molecular weight is 162 g/mol. The minimum atomic E-state index is -0.0441. The lowest BCUT2D eigenvalue weighted by Crippen LogP contribution is -2.06. The van der Waals surface area contributed by atoms with Crippen LogP contribution in [0.25, 0.3) is 0 Å². The van der Waals surface area contributed by atoms with E-state index in [-0.39, 0.29) is 5.43 Å². The number of pyridine rings is 1. The summed E-state index contributed by atoms with van der Waals surface area (Å²) in [6.07, 6.45) is 3.19. The predicted octanol–water partition coefficient (Wildman–Crippen LogP) is -0.0542. The van der Waals surface area contributed by atoms with Crippen LogP contribution in [0.1, 0.15) is 5.56 Å². The van der Waals surface area contributed by atoms with Crippen molar-refractivity contribution in [1.29, 1.82) is 0 Å². The molecule has 0 aromatic carbocycles. The van der Waals surface area contributed by atoms with E-state index in [1.807, 2.05) is 7.05 Å². The van der Waals surface area contributed by atoms with Gasteiger partial charge in [-0.15, -0.1) is 0 Å². The average Bonchev–Trinajstić information content (AvgIpc) is 2.09. The molecular formula is C9H10N2O. The summed E-state index contributed by atoms with van der Waals surface area (Å²) in [7, 11) is 1.81. The molecule has 3 heteroatoms. The van der Waals surface area contributed by atoms with Gasteiger partial charge in [-0.3, -0.25) is 4.79 Å². The van der Waals surface area contributed by atoms with Gasteiger partial charge in [0.25, 0.3) is 0 Å². The monoisotopic (exact) mass is 162 g/mol. The number of aromatic amines is 1. The Balaban J connectivity index is 2.85. The Hall–Kier alpha value is -1.53. The van der Waals surface area contributed by atoms with Crippen LogP contribution in [0, 0.1) is 11.8 Å². The van der Waals surface area contributed by atoms with Crippen LogP contribution in [-0.2, 0) is 0 Å². The second kappa shape index (κ2) is 4.37. The molecule has 62 valence electrons. The second-order valence-corrected chi connectivity index (χ2v) is 2.25. The molecule has 3 nitrogen and oxygen atoms in total. The predicted molar refractivity (Wildman–Crippen MR) is 47.9 cm³/mol. The van der Waals surface area contributed by atoms with Crippen LogP contribution >= 0.6 is 0 Å². The third-order valence-electron chi connectivity index (χ3n) is 1.31. The van der Waals surface area contributed by atoms with Crippen molar-refractivity contribution in [2.45, 2.75) is 0 Å². The van der Waals surface area contributed by atoms with Crippen molar-refractivity contribution in [3.8, 4) is 11.8 Å². The van der Waals surface area contributed by atoms with Gasteiger partial charge in [-0.1, -0.05) is 11.8 Å². The molecule has 0 unspecified atom stereocenters. The largest absolute Gasteiger partial charge is 0.366 e. The van der Waals surface area contributed by atoms with Gasteiger partial charge in [-0.05, 0) is 7.05 Å². The summed E-state index contributed by atoms with van der Waals surface area (Å²) < 4.78 is 0. The number of nitrogens with one attached hydrogen (secondary N) is 2. The summed E-state index contributed by atoms with van der Waals surface area (Å²) in [6, 6.07) is 1.46. The highest BCUT2D eigenvalue weighted by Gasteiger charge is 1.89. The molecule has 2 N–H and O–H groups in total. The van der Waals surface area contributed by atoms with Gasteiger partial charge in [0.05, 0.1) is 12.1 Å². The summed E-state index contributed by atoms with van der Waals surface area (Å²) >= 11 is 0. The first kappa shape index (κ1) is 8.57. The summed E-state index contributed by atoms with van der Waals surface area (Å²) in [5.74, 6) is 5.57. The van der Waals surface area contributed by atoms with Crippen molar-refractivity contribution in [3.05, 3.63) is 34.2 Å². The lowest BCUT2D eigenvalue weighted by molar-refractivity contribution is 0.938. The molecule has 0 bridgehead atoms. The quantitative estimate of drug-likeness (QED) is 0.568. The Kier molecular flexibility index (Phi) is 3.12. The zero-order valence-corrected chi connectivity index (χ0v) is 6.85. The smallest absolute Gasteiger partial charge is 0.197 e. The fourth-order valence-corrected chi connectivity index (χ4v) is 0.742. The molecule has 0 radical (unpaired) electrons. The van der Waals surface area contributed by atoms with E-state index >= 15 is 0 Å². The highest BCUT2D eigenvalue weighted by atomic mass is 16.1. The van der Waals surface area contributed by atoms with E-state index in [0.29, 0.717) is 12.1 Å². The molecule has 0 aliphatic rings. The fourth-order valence-electron chi connectivity index (χ4n) is 0.742. The van der Waals surface area contributed by atoms with Gasteiger partial charge in [-0.25, -0.2) is 0 Å². The Labute approximate surface area is 70.8 Å². The minimum Gasteiger partial charge on any atom is -0.366 e. The van der Waals surface area contributed by atoms with Crippen molar-refractivity contribution < 1.29 is 0 Å². The van der Waals surface area contributed by atoms with Gasteiger partial charge in [0.1, 0.15) is 0 Å². The third-order valence-corrected chi connectivity index (χ3v) is 1.31. The van der Waals surface area contributed by atoms with E-state index in [1.165, 1.54) is 6.07 Å². The van der Waals surface area contributed by atoms with Crippen LogP contribution in [0.4, 0.5) is 0 Å². The Morgan fingerprint density at radius 3 is 3.17 bits per heavy atom. The fraction of sp³-hybridized carbons (Fsp3) is 0.222. The SMILES string of the molecule is CNCC#Cc1c[nH]ccc1=O.